The predicted octanol–water partition coefficient (Wildman–Crippen LogP) is -1.21. The molecule has 1 aromatic rings. The molecule has 0 aliphatic carbocycles. The standard InChI is InChI=1S/C11H11IN2O5/c1-2-11(5-15)7(16)3-8(19-11)14-4-6(12)9(17)13-10(14)18/h1,4,7-8,15-16H,3,5H2,(H,13,17,18)/t7-,8-,11-/m1/s1. The van der Waals surface area contributed by atoms with Crippen molar-refractivity contribution in [2.75, 3.05) is 6.61 Å². The molecule has 8 heteroatoms. The van der Waals surface area contributed by atoms with Crippen molar-refractivity contribution < 1.29 is 14.9 Å². The summed E-state index contributed by atoms with van der Waals surface area (Å²) in [5.74, 6) is 2.21. The van der Waals surface area contributed by atoms with Crippen molar-refractivity contribution in [3.05, 3.63) is 30.6 Å². The summed E-state index contributed by atoms with van der Waals surface area (Å²) in [6, 6.07) is 0. The first-order valence-corrected chi connectivity index (χ1v) is 6.47. The van der Waals surface area contributed by atoms with Crippen LogP contribution in [0.5, 0.6) is 0 Å². The highest BCUT2D eigenvalue weighted by Crippen LogP contribution is 2.35. The first-order valence-electron chi connectivity index (χ1n) is 5.39. The highest BCUT2D eigenvalue weighted by molar-refractivity contribution is 14.1. The third-order valence-electron chi connectivity index (χ3n) is 3.02. The molecule has 1 aliphatic heterocycles. The van der Waals surface area contributed by atoms with E-state index in [1.165, 1.54) is 6.20 Å². The predicted molar refractivity (Wildman–Crippen MR) is 73.4 cm³/mol. The number of terminal acetylenes is 1. The molecule has 1 aliphatic rings. The number of nitrogens with one attached hydrogen (secondary N) is 1. The number of hydrogen-bond acceptors (Lipinski definition) is 5. The molecular weight excluding hydrogens is 367 g/mol. The highest BCUT2D eigenvalue weighted by atomic mass is 127. The first-order chi connectivity index (χ1) is 8.93. The summed E-state index contributed by atoms with van der Waals surface area (Å²) in [4.78, 5) is 25.1. The van der Waals surface area contributed by atoms with Gasteiger partial charge in [-0.1, -0.05) is 5.92 Å². The minimum absolute atomic E-state index is 0.0484. The van der Waals surface area contributed by atoms with Crippen LogP contribution in [0.1, 0.15) is 12.6 Å². The number of nitrogens with zero attached hydrogens (tertiary/aromatic N) is 1. The summed E-state index contributed by atoms with van der Waals surface area (Å²) in [5, 5.41) is 19.1. The molecule has 0 aromatic carbocycles. The Morgan fingerprint density at radius 1 is 1.68 bits per heavy atom. The van der Waals surface area contributed by atoms with E-state index in [1.807, 2.05) is 0 Å². The molecule has 7 nitrogen and oxygen atoms in total. The Labute approximate surface area is 121 Å². The van der Waals surface area contributed by atoms with Crippen LogP contribution in [-0.4, -0.2) is 38.1 Å². The molecule has 0 saturated carbocycles. The topological polar surface area (TPSA) is 105 Å². The maximum Gasteiger partial charge on any atom is 0.330 e. The van der Waals surface area contributed by atoms with Gasteiger partial charge in [-0.15, -0.1) is 6.42 Å². The zero-order valence-electron chi connectivity index (χ0n) is 9.67. The van der Waals surface area contributed by atoms with Gasteiger partial charge < -0.3 is 14.9 Å². The Bertz CT molecular complexity index is 646. The zero-order chi connectivity index (χ0) is 14.2. The van der Waals surface area contributed by atoms with Crippen molar-refractivity contribution in [1.29, 1.82) is 0 Å². The number of aromatic nitrogens is 2. The van der Waals surface area contributed by atoms with E-state index in [1.54, 1.807) is 22.6 Å². The number of aliphatic hydroxyl groups is 2. The number of halogens is 1. The fourth-order valence-corrected chi connectivity index (χ4v) is 2.35. The lowest BCUT2D eigenvalue weighted by Gasteiger charge is -2.23. The van der Waals surface area contributed by atoms with E-state index < -0.39 is 35.8 Å². The van der Waals surface area contributed by atoms with Crippen LogP contribution >= 0.6 is 22.6 Å². The molecule has 3 N–H and O–H groups in total. The van der Waals surface area contributed by atoms with Gasteiger partial charge in [0.25, 0.3) is 5.56 Å². The molecule has 2 rings (SSSR count). The van der Waals surface area contributed by atoms with Crippen LogP contribution in [0.15, 0.2) is 15.8 Å². The van der Waals surface area contributed by atoms with E-state index >= 15 is 0 Å². The Morgan fingerprint density at radius 3 is 2.89 bits per heavy atom. The van der Waals surface area contributed by atoms with Gasteiger partial charge in [0.2, 0.25) is 0 Å². The van der Waals surface area contributed by atoms with Gasteiger partial charge in [0.15, 0.2) is 5.60 Å². The van der Waals surface area contributed by atoms with Gasteiger partial charge in [0.1, 0.15) is 12.3 Å². The molecule has 102 valence electrons. The molecule has 0 bridgehead atoms. The van der Waals surface area contributed by atoms with Crippen molar-refractivity contribution in [2.24, 2.45) is 0 Å². The molecule has 3 atom stereocenters. The van der Waals surface area contributed by atoms with Crippen LogP contribution < -0.4 is 11.2 Å². The third kappa shape index (κ3) is 2.34. The third-order valence-corrected chi connectivity index (χ3v) is 3.79. The summed E-state index contributed by atoms with van der Waals surface area (Å²) >= 11 is 1.77. The number of aliphatic hydroxyl groups excluding tert-OH is 2. The largest absolute Gasteiger partial charge is 0.392 e. The number of hydrogen-bond donors (Lipinski definition) is 3. The van der Waals surface area contributed by atoms with Crippen LogP contribution in [0.25, 0.3) is 0 Å². The second-order valence-corrected chi connectivity index (χ2v) is 5.32. The Balaban J connectivity index is 2.42. The van der Waals surface area contributed by atoms with Crippen molar-refractivity contribution in [2.45, 2.75) is 24.4 Å². The maximum atomic E-state index is 11.7. The van der Waals surface area contributed by atoms with Crippen molar-refractivity contribution in [3.63, 3.8) is 0 Å². The minimum Gasteiger partial charge on any atom is -0.392 e. The molecular formula is C11H11IN2O5. The van der Waals surface area contributed by atoms with E-state index in [0.717, 1.165) is 4.57 Å². The van der Waals surface area contributed by atoms with Crippen molar-refractivity contribution in [3.8, 4) is 12.3 Å². The SMILES string of the molecule is C#C[C@]1(CO)O[C@@H](n2cc(I)c(=O)[nH]c2=O)C[C@H]1O. The number of ether oxygens (including phenoxy) is 1. The quantitative estimate of drug-likeness (QED) is 0.443. The van der Waals surface area contributed by atoms with Gasteiger partial charge in [-0.05, 0) is 22.6 Å². The monoisotopic (exact) mass is 378 g/mol. The van der Waals surface area contributed by atoms with Gasteiger partial charge >= 0.3 is 5.69 Å². The fourth-order valence-electron chi connectivity index (χ4n) is 1.91. The maximum absolute atomic E-state index is 11.7. The lowest BCUT2D eigenvalue weighted by atomic mass is 9.99. The van der Waals surface area contributed by atoms with Crippen molar-refractivity contribution >= 4 is 22.6 Å². The van der Waals surface area contributed by atoms with Gasteiger partial charge in [0, 0.05) is 12.6 Å². The molecule has 2 heterocycles. The molecule has 0 spiro atoms. The number of rotatable bonds is 2. The molecule has 1 saturated heterocycles. The average molecular weight is 378 g/mol. The van der Waals surface area contributed by atoms with Crippen LogP contribution in [0.2, 0.25) is 0 Å². The highest BCUT2D eigenvalue weighted by Gasteiger charge is 2.47. The van der Waals surface area contributed by atoms with E-state index in [4.69, 9.17) is 11.2 Å². The van der Waals surface area contributed by atoms with Crippen LogP contribution in [-0.2, 0) is 4.74 Å². The molecule has 0 amide bonds. The van der Waals surface area contributed by atoms with Crippen LogP contribution in [0.3, 0.4) is 0 Å². The van der Waals surface area contributed by atoms with Gasteiger partial charge in [-0.2, -0.15) is 0 Å². The zero-order valence-corrected chi connectivity index (χ0v) is 11.8. The summed E-state index contributed by atoms with van der Waals surface area (Å²) in [6.45, 7) is -0.559. The lowest BCUT2D eigenvalue weighted by molar-refractivity contribution is -0.0913. The lowest BCUT2D eigenvalue weighted by Crippen LogP contribution is -2.41. The fraction of sp³-hybridized carbons (Fsp3) is 0.455. The summed E-state index contributed by atoms with van der Waals surface area (Å²) in [7, 11) is 0. The minimum atomic E-state index is -1.52. The normalized spacial score (nSPS) is 30.2. The number of H-pyrrole nitrogens is 1. The number of aromatic amines is 1. The second-order valence-electron chi connectivity index (χ2n) is 4.16. The Morgan fingerprint density at radius 2 is 2.37 bits per heavy atom. The molecule has 0 unspecified atom stereocenters. The molecule has 1 aromatic heterocycles. The summed E-state index contributed by atoms with van der Waals surface area (Å²) in [5.41, 5.74) is -2.68. The Kier molecular flexibility index (Phi) is 3.82. The Hall–Kier alpha value is -1.15. The summed E-state index contributed by atoms with van der Waals surface area (Å²) in [6.07, 6.45) is 4.70. The average Bonchev–Trinajstić information content (AvgIpc) is 2.71. The molecule has 1 fully saturated rings. The first kappa shape index (κ1) is 14.3. The van der Waals surface area contributed by atoms with Gasteiger partial charge in [-0.3, -0.25) is 14.3 Å². The molecule has 0 radical (unpaired) electrons. The van der Waals surface area contributed by atoms with E-state index in [-0.39, 0.29) is 6.42 Å². The van der Waals surface area contributed by atoms with Crippen molar-refractivity contribution in [1.82, 2.24) is 9.55 Å². The van der Waals surface area contributed by atoms with Crippen LogP contribution in [0.4, 0.5) is 0 Å². The van der Waals surface area contributed by atoms with Crippen LogP contribution in [0, 0.1) is 15.9 Å². The van der Waals surface area contributed by atoms with Gasteiger partial charge in [-0.25, -0.2) is 4.79 Å². The van der Waals surface area contributed by atoms with Gasteiger partial charge in [0.05, 0.1) is 10.2 Å². The van der Waals surface area contributed by atoms with E-state index in [9.17, 15) is 19.8 Å². The molecule has 19 heavy (non-hydrogen) atoms. The summed E-state index contributed by atoms with van der Waals surface area (Å²) < 4.78 is 6.87. The smallest absolute Gasteiger partial charge is 0.330 e. The second kappa shape index (κ2) is 5.09. The van der Waals surface area contributed by atoms with E-state index in [0.29, 0.717) is 3.57 Å². The van der Waals surface area contributed by atoms with E-state index in [2.05, 4.69) is 10.9 Å².